The van der Waals surface area contributed by atoms with Gasteiger partial charge in [-0.3, -0.25) is 19.6 Å². The van der Waals surface area contributed by atoms with Crippen LogP contribution in [0.4, 0.5) is 8.78 Å². The van der Waals surface area contributed by atoms with Gasteiger partial charge in [-0.2, -0.15) is 5.26 Å². The van der Waals surface area contributed by atoms with Crippen molar-refractivity contribution in [3.63, 3.8) is 0 Å². The van der Waals surface area contributed by atoms with E-state index in [2.05, 4.69) is 15.3 Å². The average molecular weight is 475 g/mol. The smallest absolute Gasteiger partial charge is 0.268 e. The largest absolute Gasteiger partial charge is 0.343 e. The third-order valence-electron chi connectivity index (χ3n) is 5.88. The molecule has 0 saturated carbocycles. The number of hydrogen-bond acceptors (Lipinski definition) is 5. The minimum Gasteiger partial charge on any atom is -0.343 e. The summed E-state index contributed by atoms with van der Waals surface area (Å²) in [5.41, 5.74) is 4.57. The first kappa shape index (κ1) is 24.0. The van der Waals surface area contributed by atoms with Crippen LogP contribution in [0.1, 0.15) is 40.5 Å². The number of benzene rings is 1. The van der Waals surface area contributed by atoms with Crippen LogP contribution in [0, 0.1) is 18.3 Å². The summed E-state index contributed by atoms with van der Waals surface area (Å²) in [6.45, 7) is 2.58. The fraction of sp³-hybridized carbons (Fsp3) is 0.269. The van der Waals surface area contributed by atoms with E-state index >= 15 is 0 Å². The molecule has 1 aromatic carbocycles. The fourth-order valence-electron chi connectivity index (χ4n) is 4.01. The Kier molecular flexibility index (Phi) is 6.56. The van der Waals surface area contributed by atoms with Crippen molar-refractivity contribution in [3.05, 3.63) is 71.2 Å². The number of hydrogen-bond donors (Lipinski definition) is 1. The lowest BCUT2D eigenvalue weighted by molar-refractivity contribution is -0.131. The molecule has 178 valence electrons. The molecule has 35 heavy (non-hydrogen) atoms. The zero-order valence-corrected chi connectivity index (χ0v) is 19.3. The molecule has 2 aromatic heterocycles. The lowest BCUT2D eigenvalue weighted by atomic mass is 10.0. The van der Waals surface area contributed by atoms with Crippen molar-refractivity contribution >= 4 is 34.4 Å². The van der Waals surface area contributed by atoms with Gasteiger partial charge in [0.15, 0.2) is 0 Å². The molecular formula is C26H23F2N5O2. The number of nitriles is 1. The number of alkyl halides is 2. The second kappa shape index (κ2) is 9.58. The van der Waals surface area contributed by atoms with Gasteiger partial charge in [-0.15, -0.1) is 0 Å². The van der Waals surface area contributed by atoms with Crippen molar-refractivity contribution in [2.45, 2.75) is 32.2 Å². The van der Waals surface area contributed by atoms with Gasteiger partial charge in [-0.1, -0.05) is 12.1 Å². The van der Waals surface area contributed by atoms with Crippen molar-refractivity contribution in [1.82, 2.24) is 20.2 Å². The number of allylic oxidation sites excluding steroid dienone is 1. The Balaban J connectivity index is 1.54. The fourth-order valence-corrected chi connectivity index (χ4v) is 4.01. The Bertz CT molecular complexity index is 1360. The second-order valence-electron chi connectivity index (χ2n) is 8.59. The predicted octanol–water partition coefficient (Wildman–Crippen LogP) is 3.99. The Morgan fingerprint density at radius 3 is 2.77 bits per heavy atom. The number of aromatic nitrogens is 2. The maximum absolute atomic E-state index is 13.6. The van der Waals surface area contributed by atoms with Crippen LogP contribution >= 0.6 is 0 Å². The monoisotopic (exact) mass is 475 g/mol. The molecular weight excluding hydrogens is 452 g/mol. The summed E-state index contributed by atoms with van der Waals surface area (Å²) < 4.78 is 27.3. The zero-order chi connectivity index (χ0) is 25.2. The van der Waals surface area contributed by atoms with Crippen LogP contribution in [-0.4, -0.2) is 51.7 Å². The molecule has 3 aromatic rings. The molecule has 1 saturated heterocycles. The number of nitrogens with zero attached hydrogens (tertiary/aromatic N) is 4. The molecule has 3 heterocycles. The van der Waals surface area contributed by atoms with Gasteiger partial charge in [-0.25, -0.2) is 8.78 Å². The van der Waals surface area contributed by atoms with Crippen LogP contribution in [0.25, 0.3) is 22.6 Å². The number of halogens is 2. The Hall–Kier alpha value is -4.19. The maximum atomic E-state index is 13.6. The van der Waals surface area contributed by atoms with Gasteiger partial charge >= 0.3 is 0 Å². The summed E-state index contributed by atoms with van der Waals surface area (Å²) in [6.07, 6.45) is 4.51. The van der Waals surface area contributed by atoms with Crippen molar-refractivity contribution in [2.75, 3.05) is 13.1 Å². The number of aryl methyl sites for hydroxylation is 1. The van der Waals surface area contributed by atoms with E-state index in [9.17, 15) is 18.4 Å². The van der Waals surface area contributed by atoms with Gasteiger partial charge in [-0.05, 0) is 60.9 Å². The lowest BCUT2D eigenvalue weighted by Crippen LogP contribution is -2.43. The van der Waals surface area contributed by atoms with E-state index in [1.165, 1.54) is 12.3 Å². The summed E-state index contributed by atoms with van der Waals surface area (Å²) in [6, 6.07) is 11.5. The molecule has 0 radical (unpaired) electrons. The first-order valence-corrected chi connectivity index (χ1v) is 11.0. The molecule has 0 bridgehead atoms. The Morgan fingerprint density at radius 2 is 2.06 bits per heavy atom. The van der Waals surface area contributed by atoms with Gasteiger partial charge in [0.05, 0.1) is 35.9 Å². The number of amides is 2. The molecule has 2 amide bonds. The highest BCUT2D eigenvalue weighted by Gasteiger charge is 2.47. The highest BCUT2D eigenvalue weighted by molar-refractivity contribution is 6.07. The molecule has 1 fully saturated rings. The number of likely N-dealkylation sites (tertiary alicyclic amines) is 1. The minimum atomic E-state index is -3.11. The molecule has 1 N–H and O–H groups in total. The van der Waals surface area contributed by atoms with Gasteiger partial charge < -0.3 is 10.2 Å². The van der Waals surface area contributed by atoms with E-state index in [0.29, 0.717) is 16.5 Å². The van der Waals surface area contributed by atoms with Crippen molar-refractivity contribution < 1.29 is 18.4 Å². The topological polar surface area (TPSA) is 99.0 Å². The van der Waals surface area contributed by atoms with Crippen molar-refractivity contribution in [3.8, 4) is 6.07 Å². The molecule has 1 aliphatic heterocycles. The normalized spacial score (nSPS) is 17.3. The van der Waals surface area contributed by atoms with Crippen LogP contribution in [-0.2, 0) is 4.79 Å². The number of rotatable bonds is 5. The molecule has 7 nitrogen and oxygen atoms in total. The molecule has 9 heteroatoms. The van der Waals surface area contributed by atoms with Crippen LogP contribution in [0.3, 0.4) is 0 Å². The zero-order valence-electron chi connectivity index (χ0n) is 19.3. The molecule has 0 aliphatic carbocycles. The summed E-state index contributed by atoms with van der Waals surface area (Å²) in [4.78, 5) is 34.9. The van der Waals surface area contributed by atoms with E-state index in [1.807, 2.05) is 44.2 Å². The number of pyridine rings is 2. The van der Waals surface area contributed by atoms with Crippen molar-refractivity contribution in [1.29, 1.82) is 5.26 Å². The summed E-state index contributed by atoms with van der Waals surface area (Å²) >= 11 is 0. The lowest BCUT2D eigenvalue weighted by Gasteiger charge is -2.19. The molecule has 1 atom stereocenters. The average Bonchev–Trinajstić information content (AvgIpc) is 3.17. The Labute approximate surface area is 201 Å². The molecule has 1 aliphatic rings. The molecule has 4 rings (SSSR count). The van der Waals surface area contributed by atoms with Crippen LogP contribution < -0.4 is 5.32 Å². The SMILES string of the molecule is C/C(=C\c1ccc(C)cn1)c1ccc2nccc(C(=O)NCC(=O)N3CC(F)(F)C[C@H]3C#N)c2c1. The van der Waals surface area contributed by atoms with Crippen molar-refractivity contribution in [2.24, 2.45) is 0 Å². The number of carbonyl (C=O) groups excluding carboxylic acids is 2. The quantitative estimate of drug-likeness (QED) is 0.602. The number of fused-ring (bicyclic) bond motifs is 1. The standard InChI is InChI=1S/C26H23F2N5O2/c1-16-3-5-19(31-13-16)9-17(2)18-4-6-23-22(10-18)21(7-8-30-23)25(35)32-14-24(34)33-15-26(27,28)11-20(33)12-29/h3-10,13,20H,11,14-15H2,1-2H3,(H,32,35)/b17-9+/t20-/m0/s1. The molecule has 0 spiro atoms. The highest BCUT2D eigenvalue weighted by Crippen LogP contribution is 2.31. The van der Waals surface area contributed by atoms with Crippen LogP contribution in [0.5, 0.6) is 0 Å². The number of nitrogens with one attached hydrogen (secondary N) is 1. The maximum Gasteiger partial charge on any atom is 0.268 e. The first-order valence-electron chi connectivity index (χ1n) is 11.0. The summed E-state index contributed by atoms with van der Waals surface area (Å²) in [5.74, 6) is -4.38. The first-order chi connectivity index (χ1) is 16.7. The minimum absolute atomic E-state index is 0.300. The van der Waals surface area contributed by atoms with Gasteiger partial charge in [0, 0.05) is 24.2 Å². The second-order valence-corrected chi connectivity index (χ2v) is 8.59. The van der Waals surface area contributed by atoms with Crippen LogP contribution in [0.2, 0.25) is 0 Å². The van der Waals surface area contributed by atoms with E-state index in [1.54, 1.807) is 18.3 Å². The van der Waals surface area contributed by atoms with Crippen LogP contribution in [0.15, 0.2) is 48.8 Å². The Morgan fingerprint density at radius 1 is 1.26 bits per heavy atom. The van der Waals surface area contributed by atoms with E-state index < -0.39 is 43.3 Å². The highest BCUT2D eigenvalue weighted by atomic mass is 19.3. The summed E-state index contributed by atoms with van der Waals surface area (Å²) in [5, 5.41) is 12.2. The van der Waals surface area contributed by atoms with E-state index in [-0.39, 0.29) is 0 Å². The third kappa shape index (κ3) is 5.32. The predicted molar refractivity (Wildman–Crippen MR) is 127 cm³/mol. The molecule has 0 unspecified atom stereocenters. The van der Waals surface area contributed by atoms with E-state index in [4.69, 9.17) is 5.26 Å². The summed E-state index contributed by atoms with van der Waals surface area (Å²) in [7, 11) is 0. The van der Waals surface area contributed by atoms with Gasteiger partial charge in [0.2, 0.25) is 5.91 Å². The number of carbonyl (C=O) groups is 2. The van der Waals surface area contributed by atoms with Gasteiger partial charge in [0.25, 0.3) is 11.8 Å². The van der Waals surface area contributed by atoms with E-state index in [0.717, 1.165) is 27.3 Å². The van der Waals surface area contributed by atoms with Gasteiger partial charge in [0.1, 0.15) is 6.04 Å². The third-order valence-corrected chi connectivity index (χ3v) is 5.88.